The van der Waals surface area contributed by atoms with Crippen LogP contribution in [-0.2, 0) is 19.5 Å². The molecule has 0 bridgehead atoms. The van der Waals surface area contributed by atoms with E-state index in [2.05, 4.69) is 91.2 Å². The van der Waals surface area contributed by atoms with Gasteiger partial charge in [0, 0.05) is 30.4 Å². The first-order valence-electron chi connectivity index (χ1n) is 8.85. The van der Waals surface area contributed by atoms with Crippen LogP contribution in [0.1, 0.15) is 12.1 Å². The Bertz CT molecular complexity index is 796. The quantitative estimate of drug-likeness (QED) is 0.466. The lowest BCUT2D eigenvalue weighted by Gasteiger charge is -2.23. The van der Waals surface area contributed by atoms with Gasteiger partial charge in [0.2, 0.25) is 0 Å². The van der Waals surface area contributed by atoms with Crippen LogP contribution in [-0.4, -0.2) is 36.7 Å². The molecule has 126 valence electrons. The van der Waals surface area contributed by atoms with Gasteiger partial charge >= 0.3 is 0 Å². The molecule has 0 amide bonds. The Labute approximate surface area is 145 Å². The van der Waals surface area contributed by atoms with Crippen molar-refractivity contribution >= 4 is 10.9 Å². The van der Waals surface area contributed by atoms with E-state index in [1.165, 1.54) is 29.6 Å². The fraction of sp³-hybridized carbons (Fsp3) is 0.381. The number of quaternary nitrogens is 1. The number of hydrogen-bond donors (Lipinski definition) is 0. The third-order valence-electron chi connectivity index (χ3n) is 4.55. The molecule has 0 N–H and O–H groups in total. The summed E-state index contributed by atoms with van der Waals surface area (Å²) in [5.41, 5.74) is 2.74. The monoisotopic (exact) mass is 323 g/mol. The number of aryl methyl sites for hydroxylation is 3. The number of hydrogen-bond acceptors (Lipinski definition) is 0. The highest BCUT2D eigenvalue weighted by Crippen LogP contribution is 2.15. The van der Waals surface area contributed by atoms with Gasteiger partial charge in [0.1, 0.15) is 0 Å². The van der Waals surface area contributed by atoms with Crippen molar-refractivity contribution in [1.29, 1.82) is 0 Å². The first-order chi connectivity index (χ1) is 11.5. The van der Waals surface area contributed by atoms with Crippen molar-refractivity contribution in [2.24, 2.45) is 0 Å². The van der Waals surface area contributed by atoms with E-state index in [9.17, 15) is 0 Å². The summed E-state index contributed by atoms with van der Waals surface area (Å²) in [4.78, 5) is 0. The second-order valence-electron chi connectivity index (χ2n) is 7.57. The molecular formula is C21H29N3+2. The van der Waals surface area contributed by atoms with Crippen molar-refractivity contribution in [3.8, 4) is 0 Å². The van der Waals surface area contributed by atoms with E-state index in [-0.39, 0.29) is 0 Å². The molecule has 3 heteroatoms. The van der Waals surface area contributed by atoms with Crippen molar-refractivity contribution in [3.63, 3.8) is 0 Å². The lowest BCUT2D eigenvalue weighted by Crippen LogP contribution is -2.42. The highest BCUT2D eigenvalue weighted by Gasteiger charge is 2.13. The summed E-state index contributed by atoms with van der Waals surface area (Å²) in [6, 6.07) is 17.4. The van der Waals surface area contributed by atoms with Crippen molar-refractivity contribution in [2.45, 2.75) is 25.9 Å². The van der Waals surface area contributed by atoms with Crippen LogP contribution >= 0.6 is 0 Å². The molecular weight excluding hydrogens is 294 g/mol. The van der Waals surface area contributed by atoms with Gasteiger partial charge in [0.15, 0.2) is 18.4 Å². The van der Waals surface area contributed by atoms with Crippen molar-refractivity contribution in [3.05, 3.63) is 66.6 Å². The standard InChI is InChI=1S/C21H29N3/c1-24(2,3)18-8-15-22-14-7-6-10-20(22)13-17-23-16-12-19-9-4-5-11-21(19)23/h4-7,9-12,14,16H,8,13,15,17-18H2,1-3H3/q+2. The van der Waals surface area contributed by atoms with Crippen LogP contribution < -0.4 is 4.57 Å². The first-order valence-corrected chi connectivity index (χ1v) is 8.85. The number of nitrogens with zero attached hydrogens (tertiary/aromatic N) is 3. The summed E-state index contributed by atoms with van der Waals surface area (Å²) >= 11 is 0. The van der Waals surface area contributed by atoms with E-state index in [1.54, 1.807) is 0 Å². The molecule has 3 aromatic rings. The fourth-order valence-electron chi connectivity index (χ4n) is 3.24. The van der Waals surface area contributed by atoms with Crippen LogP contribution in [0.15, 0.2) is 60.9 Å². The summed E-state index contributed by atoms with van der Waals surface area (Å²) in [5, 5.41) is 1.32. The molecule has 0 spiro atoms. The minimum absolute atomic E-state index is 1.02. The minimum Gasteiger partial charge on any atom is -0.347 e. The van der Waals surface area contributed by atoms with Gasteiger partial charge in [-0.2, -0.15) is 0 Å². The molecule has 3 nitrogen and oxygen atoms in total. The van der Waals surface area contributed by atoms with E-state index in [1.807, 2.05) is 0 Å². The number of rotatable bonds is 7. The molecule has 0 aliphatic heterocycles. The van der Waals surface area contributed by atoms with Gasteiger partial charge in [0.05, 0.1) is 40.5 Å². The predicted octanol–water partition coefficient (Wildman–Crippen LogP) is 3.27. The summed E-state index contributed by atoms with van der Waals surface area (Å²) in [7, 11) is 6.77. The number of benzene rings is 1. The van der Waals surface area contributed by atoms with E-state index < -0.39 is 0 Å². The van der Waals surface area contributed by atoms with Crippen molar-refractivity contribution in [2.75, 3.05) is 27.7 Å². The Morgan fingerprint density at radius 3 is 2.58 bits per heavy atom. The summed E-state index contributed by atoms with van der Waals surface area (Å²) < 4.78 is 5.80. The molecule has 0 unspecified atom stereocenters. The van der Waals surface area contributed by atoms with E-state index in [0.29, 0.717) is 0 Å². The first kappa shape index (κ1) is 16.7. The van der Waals surface area contributed by atoms with E-state index in [4.69, 9.17) is 0 Å². The number of para-hydroxylation sites is 1. The molecule has 24 heavy (non-hydrogen) atoms. The normalized spacial score (nSPS) is 12.0. The SMILES string of the molecule is C[N+](C)(C)CCC[n+]1ccccc1CCn1ccc2ccccc21. The third-order valence-corrected chi connectivity index (χ3v) is 4.55. The maximum atomic E-state index is 2.42. The van der Waals surface area contributed by atoms with Gasteiger partial charge < -0.3 is 9.05 Å². The molecule has 2 heterocycles. The zero-order valence-corrected chi connectivity index (χ0v) is 15.2. The molecule has 0 saturated heterocycles. The molecule has 0 aliphatic carbocycles. The lowest BCUT2D eigenvalue weighted by atomic mass is 10.2. The third kappa shape index (κ3) is 4.24. The minimum atomic E-state index is 1.02. The predicted molar refractivity (Wildman–Crippen MR) is 99.8 cm³/mol. The smallest absolute Gasteiger partial charge is 0.183 e. The van der Waals surface area contributed by atoms with Crippen molar-refractivity contribution in [1.82, 2.24) is 4.57 Å². The molecule has 2 aromatic heterocycles. The average molecular weight is 323 g/mol. The number of pyridine rings is 1. The summed E-state index contributed by atoms with van der Waals surface area (Å²) in [6.07, 6.45) is 6.69. The van der Waals surface area contributed by atoms with Crippen LogP contribution in [0.5, 0.6) is 0 Å². The Hall–Kier alpha value is -2.13. The molecule has 1 aromatic carbocycles. The van der Waals surface area contributed by atoms with Gasteiger partial charge in [-0.1, -0.05) is 24.3 Å². The van der Waals surface area contributed by atoms with E-state index >= 15 is 0 Å². The Kier molecular flexibility index (Phi) is 5.00. The highest BCUT2D eigenvalue weighted by molar-refractivity contribution is 5.79. The van der Waals surface area contributed by atoms with Crippen LogP contribution in [0, 0.1) is 0 Å². The van der Waals surface area contributed by atoms with Crippen LogP contribution in [0.2, 0.25) is 0 Å². The average Bonchev–Trinajstić information content (AvgIpc) is 2.96. The number of fused-ring (bicyclic) bond motifs is 1. The van der Waals surface area contributed by atoms with Gasteiger partial charge in [-0.3, -0.25) is 0 Å². The maximum Gasteiger partial charge on any atom is 0.183 e. The zero-order chi connectivity index (χ0) is 17.0. The summed E-state index contributed by atoms with van der Waals surface area (Å²) in [5.74, 6) is 0. The van der Waals surface area contributed by atoms with Gasteiger partial charge in [-0.05, 0) is 17.5 Å². The second-order valence-corrected chi connectivity index (χ2v) is 7.57. The molecule has 0 atom stereocenters. The Morgan fingerprint density at radius 1 is 0.958 bits per heavy atom. The molecule has 0 aliphatic rings. The zero-order valence-electron chi connectivity index (χ0n) is 15.2. The fourth-order valence-corrected chi connectivity index (χ4v) is 3.24. The largest absolute Gasteiger partial charge is 0.347 e. The summed E-state index contributed by atoms with van der Waals surface area (Å²) in [6.45, 7) is 3.31. The van der Waals surface area contributed by atoms with Crippen LogP contribution in [0.4, 0.5) is 0 Å². The van der Waals surface area contributed by atoms with Gasteiger partial charge in [-0.25, -0.2) is 4.57 Å². The van der Waals surface area contributed by atoms with Crippen LogP contribution in [0.25, 0.3) is 10.9 Å². The molecule has 0 fully saturated rings. The van der Waals surface area contributed by atoms with E-state index in [0.717, 1.165) is 24.0 Å². The van der Waals surface area contributed by atoms with Gasteiger partial charge in [-0.15, -0.1) is 0 Å². The molecule has 0 radical (unpaired) electrons. The number of aromatic nitrogens is 2. The van der Waals surface area contributed by atoms with Gasteiger partial charge in [0.25, 0.3) is 0 Å². The van der Waals surface area contributed by atoms with Crippen molar-refractivity contribution < 1.29 is 9.05 Å². The van der Waals surface area contributed by atoms with Crippen LogP contribution in [0.3, 0.4) is 0 Å². The molecule has 0 saturated carbocycles. The Balaban J connectivity index is 1.67. The maximum absolute atomic E-state index is 2.42. The highest BCUT2D eigenvalue weighted by atomic mass is 15.3. The second kappa shape index (κ2) is 7.18. The topological polar surface area (TPSA) is 8.81 Å². The Morgan fingerprint density at radius 2 is 1.75 bits per heavy atom. The molecule has 3 rings (SSSR count). The lowest BCUT2D eigenvalue weighted by molar-refractivity contribution is -0.873.